The van der Waals surface area contributed by atoms with E-state index in [1.807, 2.05) is 29.2 Å². The van der Waals surface area contributed by atoms with Crippen LogP contribution in [0.5, 0.6) is 5.88 Å². The number of carbonyl (C=O) groups is 1. The fourth-order valence-electron chi connectivity index (χ4n) is 4.29. The number of carbonyl (C=O) groups excluding carboxylic acids is 1. The van der Waals surface area contributed by atoms with Crippen LogP contribution in [0.4, 0.5) is 0 Å². The molecule has 2 aromatic carbocycles. The molecule has 6 nitrogen and oxygen atoms in total. The predicted molar refractivity (Wildman–Crippen MR) is 117 cm³/mol. The molecular formula is C24H27N3O3. The van der Waals surface area contributed by atoms with Gasteiger partial charge in [-0.1, -0.05) is 42.5 Å². The van der Waals surface area contributed by atoms with E-state index in [1.54, 1.807) is 18.2 Å². The number of benzene rings is 2. The molecule has 1 aliphatic rings. The molecule has 1 aliphatic heterocycles. The van der Waals surface area contributed by atoms with Crippen LogP contribution in [0.3, 0.4) is 0 Å². The maximum absolute atomic E-state index is 13.2. The van der Waals surface area contributed by atoms with E-state index in [2.05, 4.69) is 17.2 Å². The standard InChI is InChI=1S/C24H27N3O3/c1-30-23-20-12-5-6-13-21(20)24(29)27(25-23)17-22(28)26-16-8-7-11-19(26)15-14-18-9-3-2-4-10-18/h2-6,9-10,12-13,19H,7-8,11,14-17H2,1H3/t19-/m1/s1. The molecule has 1 amide bonds. The lowest BCUT2D eigenvalue weighted by atomic mass is 9.95. The average Bonchev–Trinajstić information content (AvgIpc) is 2.80. The minimum atomic E-state index is -0.266. The minimum Gasteiger partial charge on any atom is -0.480 e. The topological polar surface area (TPSA) is 64.4 Å². The quantitative estimate of drug-likeness (QED) is 0.630. The van der Waals surface area contributed by atoms with Gasteiger partial charge in [-0.15, -0.1) is 5.10 Å². The first-order chi connectivity index (χ1) is 14.7. The zero-order chi connectivity index (χ0) is 20.9. The number of aromatic nitrogens is 2. The van der Waals surface area contributed by atoms with E-state index >= 15 is 0 Å². The van der Waals surface area contributed by atoms with Gasteiger partial charge in [-0.2, -0.15) is 0 Å². The van der Waals surface area contributed by atoms with Crippen molar-refractivity contribution in [3.05, 3.63) is 70.5 Å². The van der Waals surface area contributed by atoms with Crippen molar-refractivity contribution in [1.82, 2.24) is 14.7 Å². The smallest absolute Gasteiger partial charge is 0.275 e. The van der Waals surface area contributed by atoms with Gasteiger partial charge in [0.1, 0.15) is 6.54 Å². The van der Waals surface area contributed by atoms with Crippen molar-refractivity contribution in [2.75, 3.05) is 13.7 Å². The van der Waals surface area contributed by atoms with Gasteiger partial charge in [0.2, 0.25) is 11.8 Å². The average molecular weight is 405 g/mol. The highest BCUT2D eigenvalue weighted by atomic mass is 16.5. The number of piperidine rings is 1. The number of amides is 1. The molecule has 3 aromatic rings. The van der Waals surface area contributed by atoms with Gasteiger partial charge in [0, 0.05) is 12.6 Å². The molecule has 6 heteroatoms. The summed E-state index contributed by atoms with van der Waals surface area (Å²) in [6.07, 6.45) is 5.00. The lowest BCUT2D eigenvalue weighted by molar-refractivity contribution is -0.136. The molecule has 1 aromatic heterocycles. The molecule has 4 rings (SSSR count). The van der Waals surface area contributed by atoms with Crippen molar-refractivity contribution in [3.63, 3.8) is 0 Å². The lowest BCUT2D eigenvalue weighted by Gasteiger charge is -2.36. The van der Waals surface area contributed by atoms with Crippen LogP contribution in [0.2, 0.25) is 0 Å². The van der Waals surface area contributed by atoms with E-state index in [0.717, 1.165) is 38.6 Å². The van der Waals surface area contributed by atoms with Crippen LogP contribution < -0.4 is 10.3 Å². The maximum Gasteiger partial charge on any atom is 0.275 e. The van der Waals surface area contributed by atoms with Gasteiger partial charge in [0.15, 0.2) is 0 Å². The number of ether oxygens (including phenoxy) is 1. The van der Waals surface area contributed by atoms with Gasteiger partial charge in [0.05, 0.1) is 17.9 Å². The molecule has 0 N–H and O–H groups in total. The number of rotatable bonds is 6. The zero-order valence-electron chi connectivity index (χ0n) is 17.3. The first-order valence-corrected chi connectivity index (χ1v) is 10.5. The van der Waals surface area contributed by atoms with Gasteiger partial charge >= 0.3 is 0 Å². The zero-order valence-corrected chi connectivity index (χ0v) is 17.3. The number of hydrogen-bond acceptors (Lipinski definition) is 4. The fraction of sp³-hybridized carbons (Fsp3) is 0.375. The van der Waals surface area contributed by atoms with Crippen molar-refractivity contribution in [1.29, 1.82) is 0 Å². The second-order valence-corrected chi connectivity index (χ2v) is 7.78. The van der Waals surface area contributed by atoms with Crippen LogP contribution in [0.1, 0.15) is 31.2 Å². The molecule has 1 saturated heterocycles. The van der Waals surface area contributed by atoms with E-state index < -0.39 is 0 Å². The monoisotopic (exact) mass is 405 g/mol. The molecule has 0 bridgehead atoms. The molecule has 0 spiro atoms. The molecular weight excluding hydrogens is 378 g/mol. The van der Waals surface area contributed by atoms with E-state index in [0.29, 0.717) is 16.7 Å². The molecule has 156 valence electrons. The van der Waals surface area contributed by atoms with Crippen molar-refractivity contribution >= 4 is 16.7 Å². The second kappa shape index (κ2) is 9.11. The second-order valence-electron chi connectivity index (χ2n) is 7.78. The van der Waals surface area contributed by atoms with E-state index in [9.17, 15) is 9.59 Å². The predicted octanol–water partition coefficient (Wildman–Crippen LogP) is 3.42. The number of hydrogen-bond donors (Lipinski definition) is 0. The number of aryl methyl sites for hydroxylation is 1. The third-order valence-corrected chi connectivity index (χ3v) is 5.87. The lowest BCUT2D eigenvalue weighted by Crippen LogP contribution is -2.46. The van der Waals surface area contributed by atoms with Gasteiger partial charge in [-0.05, 0) is 49.8 Å². The van der Waals surface area contributed by atoms with Crippen molar-refractivity contribution in [2.45, 2.75) is 44.7 Å². The largest absolute Gasteiger partial charge is 0.480 e. The first-order valence-electron chi connectivity index (χ1n) is 10.5. The Balaban J connectivity index is 1.53. The van der Waals surface area contributed by atoms with E-state index in [4.69, 9.17) is 4.74 Å². The van der Waals surface area contributed by atoms with Crippen LogP contribution in [0, 0.1) is 0 Å². The highest BCUT2D eigenvalue weighted by Crippen LogP contribution is 2.23. The Morgan fingerprint density at radius 2 is 1.80 bits per heavy atom. The van der Waals surface area contributed by atoms with E-state index in [-0.39, 0.29) is 24.1 Å². The molecule has 2 heterocycles. The molecule has 0 unspecified atom stereocenters. The summed E-state index contributed by atoms with van der Waals surface area (Å²) in [5, 5.41) is 5.48. The summed E-state index contributed by atoms with van der Waals surface area (Å²) in [5.74, 6) is 0.303. The number of likely N-dealkylation sites (tertiary alicyclic amines) is 1. The highest BCUT2D eigenvalue weighted by molar-refractivity contribution is 5.86. The summed E-state index contributed by atoms with van der Waals surface area (Å²) < 4.78 is 6.61. The summed E-state index contributed by atoms with van der Waals surface area (Å²) in [7, 11) is 1.52. The third kappa shape index (κ3) is 4.22. The summed E-state index contributed by atoms with van der Waals surface area (Å²) in [6, 6.07) is 17.7. The molecule has 0 aliphatic carbocycles. The molecule has 1 fully saturated rings. The number of methoxy groups -OCH3 is 1. The molecule has 30 heavy (non-hydrogen) atoms. The summed E-state index contributed by atoms with van der Waals surface area (Å²) in [6.45, 7) is 0.666. The number of fused-ring (bicyclic) bond motifs is 1. The Labute approximate surface area is 176 Å². The Bertz CT molecular complexity index is 1080. The van der Waals surface area contributed by atoms with Gasteiger partial charge in [-0.3, -0.25) is 9.59 Å². The minimum absolute atomic E-state index is 0.0558. The Morgan fingerprint density at radius 1 is 1.07 bits per heavy atom. The Hall–Kier alpha value is -3.15. The summed E-state index contributed by atoms with van der Waals surface area (Å²) >= 11 is 0. The van der Waals surface area contributed by atoms with Crippen molar-refractivity contribution in [2.24, 2.45) is 0 Å². The van der Waals surface area contributed by atoms with Gasteiger partial charge in [-0.25, -0.2) is 4.68 Å². The molecule has 1 atom stereocenters. The van der Waals surface area contributed by atoms with Crippen LogP contribution in [-0.4, -0.2) is 40.3 Å². The SMILES string of the molecule is COc1nn(CC(=O)N2CCCC[C@@H]2CCc2ccccc2)c(=O)c2ccccc12. The Kier molecular flexibility index (Phi) is 6.12. The first kappa shape index (κ1) is 20.1. The van der Waals surface area contributed by atoms with Crippen LogP contribution in [0.25, 0.3) is 10.8 Å². The maximum atomic E-state index is 13.2. The van der Waals surface area contributed by atoms with Crippen LogP contribution >= 0.6 is 0 Å². The van der Waals surface area contributed by atoms with Gasteiger partial charge < -0.3 is 9.64 Å². The summed E-state index contributed by atoms with van der Waals surface area (Å²) in [5.41, 5.74) is 1.02. The van der Waals surface area contributed by atoms with E-state index in [1.165, 1.54) is 17.4 Å². The summed E-state index contributed by atoms with van der Waals surface area (Å²) in [4.78, 5) is 28.0. The number of nitrogens with zero attached hydrogens (tertiary/aromatic N) is 3. The van der Waals surface area contributed by atoms with Crippen molar-refractivity contribution in [3.8, 4) is 5.88 Å². The Morgan fingerprint density at radius 3 is 2.57 bits per heavy atom. The normalized spacial score (nSPS) is 16.6. The van der Waals surface area contributed by atoms with Crippen LogP contribution in [0.15, 0.2) is 59.4 Å². The third-order valence-electron chi connectivity index (χ3n) is 5.87. The van der Waals surface area contributed by atoms with Crippen molar-refractivity contribution < 1.29 is 9.53 Å². The highest BCUT2D eigenvalue weighted by Gasteiger charge is 2.27. The fourth-order valence-corrected chi connectivity index (χ4v) is 4.29. The molecule has 0 radical (unpaired) electrons. The van der Waals surface area contributed by atoms with Gasteiger partial charge in [0.25, 0.3) is 5.56 Å². The van der Waals surface area contributed by atoms with Crippen LogP contribution in [-0.2, 0) is 17.8 Å². The molecule has 0 saturated carbocycles.